The van der Waals surface area contributed by atoms with Crippen LogP contribution >= 0.6 is 23.2 Å². The van der Waals surface area contributed by atoms with Gasteiger partial charge in [-0.05, 0) is 48.3 Å². The van der Waals surface area contributed by atoms with Crippen molar-refractivity contribution in [2.45, 2.75) is 52.2 Å². The Morgan fingerprint density at radius 3 is 2.75 bits per heavy atom. The number of nitrogens with zero attached hydrogens (tertiary/aromatic N) is 1. The first-order valence-corrected chi connectivity index (χ1v) is 9.41. The molecule has 1 aromatic carbocycles. The van der Waals surface area contributed by atoms with E-state index in [2.05, 4.69) is 25.7 Å². The highest BCUT2D eigenvalue weighted by Crippen LogP contribution is 2.52. The summed E-state index contributed by atoms with van der Waals surface area (Å²) < 4.78 is 5.67. The second kappa shape index (κ2) is 6.68. The number of aliphatic hydroxyl groups excluding tert-OH is 1. The van der Waals surface area contributed by atoms with E-state index in [1.807, 2.05) is 0 Å². The average molecular weight is 372 g/mol. The van der Waals surface area contributed by atoms with Gasteiger partial charge >= 0.3 is 0 Å². The molecule has 1 aliphatic carbocycles. The minimum atomic E-state index is -0.525. The number of likely N-dealkylation sites (tertiary alicyclic amines) is 1. The predicted octanol–water partition coefficient (Wildman–Crippen LogP) is 4.63. The van der Waals surface area contributed by atoms with E-state index in [0.29, 0.717) is 39.2 Å². The minimum Gasteiger partial charge on any atom is -0.489 e. The third-order valence-corrected chi connectivity index (χ3v) is 5.82. The van der Waals surface area contributed by atoms with Crippen molar-refractivity contribution in [3.63, 3.8) is 0 Å². The van der Waals surface area contributed by atoms with Gasteiger partial charge in [0, 0.05) is 24.2 Å². The summed E-state index contributed by atoms with van der Waals surface area (Å²) in [5.41, 5.74) is 0.775. The molecule has 5 heteroatoms. The lowest BCUT2D eigenvalue weighted by molar-refractivity contribution is 0.0585. The molecule has 0 aromatic heterocycles. The Balaban J connectivity index is 1.55. The molecule has 1 heterocycles. The molecule has 0 amide bonds. The van der Waals surface area contributed by atoms with Gasteiger partial charge in [-0.2, -0.15) is 0 Å². The van der Waals surface area contributed by atoms with Crippen LogP contribution in [-0.2, 0) is 0 Å². The number of hydrogen-bond acceptors (Lipinski definition) is 3. The number of hydrogen-bond donors (Lipinski definition) is 1. The van der Waals surface area contributed by atoms with Gasteiger partial charge in [-0.15, -0.1) is 0 Å². The molecule has 0 spiro atoms. The zero-order valence-corrected chi connectivity index (χ0v) is 16.2. The number of benzene rings is 1. The van der Waals surface area contributed by atoms with Gasteiger partial charge in [-0.3, -0.25) is 4.90 Å². The highest BCUT2D eigenvalue weighted by atomic mass is 35.5. The molecule has 0 radical (unpaired) electrons. The maximum Gasteiger partial charge on any atom is 0.138 e. The number of β-amino-alcohol motifs (C(OH)–C–C–N with tert-alkyl or cyclic N) is 1. The van der Waals surface area contributed by atoms with E-state index in [-0.39, 0.29) is 6.61 Å². The van der Waals surface area contributed by atoms with E-state index in [9.17, 15) is 5.11 Å². The molecule has 3 atom stereocenters. The predicted molar refractivity (Wildman–Crippen MR) is 99.1 cm³/mol. The second-order valence-corrected chi connectivity index (χ2v) is 9.53. The average Bonchev–Trinajstić information content (AvgIpc) is 2.66. The summed E-state index contributed by atoms with van der Waals surface area (Å²) in [5, 5.41) is 11.5. The normalized spacial score (nSPS) is 30.3. The number of rotatable bonds is 5. The van der Waals surface area contributed by atoms with Crippen LogP contribution in [0.4, 0.5) is 0 Å². The van der Waals surface area contributed by atoms with E-state index >= 15 is 0 Å². The number of halogens is 2. The van der Waals surface area contributed by atoms with Crippen LogP contribution in [0.2, 0.25) is 10.0 Å². The van der Waals surface area contributed by atoms with E-state index in [4.69, 9.17) is 27.9 Å². The smallest absolute Gasteiger partial charge is 0.138 e. The van der Waals surface area contributed by atoms with E-state index in [0.717, 1.165) is 6.54 Å². The van der Waals surface area contributed by atoms with Crippen molar-refractivity contribution in [2.24, 2.45) is 10.8 Å². The molecule has 2 bridgehead atoms. The Morgan fingerprint density at radius 1 is 1.29 bits per heavy atom. The molecule has 1 saturated heterocycles. The molecule has 134 valence electrons. The van der Waals surface area contributed by atoms with E-state index < -0.39 is 6.10 Å². The molecule has 1 aromatic rings. The SMILES string of the molecule is CC1(C)C[C@@H]2C[C@@](C)(CN2C[C@@H](O)COc2ccc(Cl)cc2Cl)C1. The van der Waals surface area contributed by atoms with Crippen LogP contribution in [0.25, 0.3) is 0 Å². The Labute approximate surface area is 154 Å². The quantitative estimate of drug-likeness (QED) is 0.818. The van der Waals surface area contributed by atoms with Crippen LogP contribution in [0, 0.1) is 10.8 Å². The zero-order chi connectivity index (χ0) is 17.5. The van der Waals surface area contributed by atoms with Crippen molar-refractivity contribution in [1.29, 1.82) is 0 Å². The van der Waals surface area contributed by atoms with Gasteiger partial charge in [0.15, 0.2) is 0 Å². The largest absolute Gasteiger partial charge is 0.489 e. The molecule has 24 heavy (non-hydrogen) atoms. The van der Waals surface area contributed by atoms with Crippen LogP contribution in [0.5, 0.6) is 5.75 Å². The summed E-state index contributed by atoms with van der Waals surface area (Å²) in [6.45, 7) is 9.08. The lowest BCUT2D eigenvalue weighted by Crippen LogP contribution is -2.39. The molecule has 1 aliphatic heterocycles. The van der Waals surface area contributed by atoms with Gasteiger partial charge in [-0.25, -0.2) is 0 Å². The highest BCUT2D eigenvalue weighted by Gasteiger charge is 2.49. The Morgan fingerprint density at radius 2 is 2.04 bits per heavy atom. The van der Waals surface area contributed by atoms with E-state index in [1.54, 1.807) is 18.2 Å². The fraction of sp³-hybridized carbons (Fsp3) is 0.684. The Kier molecular flexibility index (Phi) is 5.10. The summed E-state index contributed by atoms with van der Waals surface area (Å²) in [6.07, 6.45) is 3.19. The lowest BCUT2D eigenvalue weighted by Gasteiger charge is -2.40. The molecule has 2 aliphatic rings. The molecule has 2 fully saturated rings. The Bertz CT molecular complexity index is 607. The van der Waals surface area contributed by atoms with Crippen molar-refractivity contribution >= 4 is 23.2 Å². The first-order valence-electron chi connectivity index (χ1n) is 8.66. The molecule has 0 unspecified atom stereocenters. The van der Waals surface area contributed by atoms with Crippen LogP contribution < -0.4 is 4.74 Å². The van der Waals surface area contributed by atoms with Crippen LogP contribution in [0.1, 0.15) is 40.0 Å². The Hall–Kier alpha value is -0.480. The van der Waals surface area contributed by atoms with Crippen molar-refractivity contribution in [3.05, 3.63) is 28.2 Å². The molecular weight excluding hydrogens is 345 g/mol. The fourth-order valence-electron chi connectivity index (χ4n) is 4.89. The number of fused-ring (bicyclic) bond motifs is 2. The van der Waals surface area contributed by atoms with Crippen molar-refractivity contribution in [3.8, 4) is 5.75 Å². The first-order chi connectivity index (χ1) is 11.2. The molecule has 3 nitrogen and oxygen atoms in total. The topological polar surface area (TPSA) is 32.7 Å². The summed E-state index contributed by atoms with van der Waals surface area (Å²) in [6, 6.07) is 5.70. The van der Waals surface area contributed by atoms with Gasteiger partial charge in [0.25, 0.3) is 0 Å². The van der Waals surface area contributed by atoms with Crippen LogP contribution in [0.15, 0.2) is 18.2 Å². The fourth-order valence-corrected chi connectivity index (χ4v) is 5.35. The van der Waals surface area contributed by atoms with Crippen molar-refractivity contribution < 1.29 is 9.84 Å². The lowest BCUT2D eigenvalue weighted by atomic mass is 9.65. The maximum absolute atomic E-state index is 10.4. The molecule has 1 N–H and O–H groups in total. The molecule has 3 rings (SSSR count). The van der Waals surface area contributed by atoms with Gasteiger partial charge in [-0.1, -0.05) is 44.0 Å². The summed E-state index contributed by atoms with van der Waals surface area (Å²) >= 11 is 12.0. The van der Waals surface area contributed by atoms with Gasteiger partial charge in [0.1, 0.15) is 18.5 Å². The maximum atomic E-state index is 10.4. The second-order valence-electron chi connectivity index (χ2n) is 8.68. The standard InChI is InChI=1S/C19H27Cl2NO2/c1-18(2)7-14-8-19(3,11-18)12-22(14)9-15(23)10-24-17-5-4-13(20)6-16(17)21/h4-6,14-15,23H,7-12H2,1-3H3/t14-,15-,19-/m1/s1. The van der Waals surface area contributed by atoms with Crippen LogP contribution in [-0.4, -0.2) is 41.8 Å². The van der Waals surface area contributed by atoms with Gasteiger partial charge in [0.2, 0.25) is 0 Å². The summed E-state index contributed by atoms with van der Waals surface area (Å²) in [4.78, 5) is 2.45. The zero-order valence-electron chi connectivity index (χ0n) is 14.7. The number of ether oxygens (including phenoxy) is 1. The summed E-state index contributed by atoms with van der Waals surface area (Å²) in [5.74, 6) is 0.563. The van der Waals surface area contributed by atoms with E-state index in [1.165, 1.54) is 19.3 Å². The van der Waals surface area contributed by atoms with Crippen molar-refractivity contribution in [1.82, 2.24) is 4.90 Å². The van der Waals surface area contributed by atoms with Crippen LogP contribution in [0.3, 0.4) is 0 Å². The third kappa shape index (κ3) is 4.19. The third-order valence-electron chi connectivity index (χ3n) is 5.29. The van der Waals surface area contributed by atoms with Crippen molar-refractivity contribution in [2.75, 3.05) is 19.7 Å². The number of aliphatic hydroxyl groups is 1. The summed E-state index contributed by atoms with van der Waals surface area (Å²) in [7, 11) is 0. The molecule has 1 saturated carbocycles. The molecular formula is C19H27Cl2NO2. The van der Waals surface area contributed by atoms with Gasteiger partial charge in [0.05, 0.1) is 5.02 Å². The minimum absolute atomic E-state index is 0.241. The first kappa shape index (κ1) is 18.3. The van der Waals surface area contributed by atoms with Gasteiger partial charge < -0.3 is 9.84 Å². The highest BCUT2D eigenvalue weighted by molar-refractivity contribution is 6.35. The monoisotopic (exact) mass is 371 g/mol.